The Kier molecular flexibility index (Phi) is 3.88. The van der Waals surface area contributed by atoms with Gasteiger partial charge in [0.05, 0.1) is 11.5 Å². The molecule has 0 aliphatic carbocycles. The minimum atomic E-state index is -0.665. The molecule has 1 aromatic heterocycles. The van der Waals surface area contributed by atoms with E-state index in [1.807, 2.05) is 0 Å². The summed E-state index contributed by atoms with van der Waals surface area (Å²) >= 11 is 5.58. The number of benzene rings is 1. The van der Waals surface area contributed by atoms with Crippen molar-refractivity contribution in [3.05, 3.63) is 51.4 Å². The Balaban J connectivity index is 2.36. The molecule has 98 valence electrons. The van der Waals surface area contributed by atoms with Gasteiger partial charge in [-0.15, -0.1) is 0 Å². The van der Waals surface area contributed by atoms with Gasteiger partial charge < -0.3 is 9.84 Å². The summed E-state index contributed by atoms with van der Waals surface area (Å²) in [6.45, 7) is -0.163. The van der Waals surface area contributed by atoms with Crippen LogP contribution in [0.25, 0.3) is 0 Å². The van der Waals surface area contributed by atoms with Crippen molar-refractivity contribution in [3.8, 4) is 11.6 Å². The molecule has 19 heavy (non-hydrogen) atoms. The first-order chi connectivity index (χ1) is 9.10. The van der Waals surface area contributed by atoms with E-state index >= 15 is 0 Å². The molecule has 7 nitrogen and oxygen atoms in total. The number of nitrogens with zero attached hydrogens (tertiary/aromatic N) is 3. The molecule has 0 aliphatic heterocycles. The molecular weight excluding hydrogens is 274 g/mol. The maximum Gasteiger partial charge on any atom is 0.349 e. The number of aromatic nitrogens is 2. The minimum absolute atomic E-state index is 0.154. The van der Waals surface area contributed by atoms with Gasteiger partial charge in [0.2, 0.25) is 5.28 Å². The third-order valence-corrected chi connectivity index (χ3v) is 2.38. The molecule has 0 amide bonds. The van der Waals surface area contributed by atoms with Crippen LogP contribution in [-0.2, 0) is 6.61 Å². The van der Waals surface area contributed by atoms with Crippen LogP contribution in [0.3, 0.4) is 0 Å². The molecule has 0 atom stereocenters. The monoisotopic (exact) mass is 281 g/mol. The van der Waals surface area contributed by atoms with E-state index in [0.29, 0.717) is 11.3 Å². The van der Waals surface area contributed by atoms with Gasteiger partial charge in [-0.3, -0.25) is 10.1 Å². The third kappa shape index (κ3) is 3.15. The zero-order chi connectivity index (χ0) is 13.8. The number of hydrogen-bond donors (Lipinski definition) is 1. The summed E-state index contributed by atoms with van der Waals surface area (Å²) in [6.07, 6.45) is 0.973. The van der Waals surface area contributed by atoms with Crippen LogP contribution in [0.5, 0.6) is 11.6 Å². The Bertz CT molecular complexity index is 621. The minimum Gasteiger partial charge on any atom is -0.434 e. The molecule has 0 unspecified atom stereocenters. The van der Waals surface area contributed by atoms with Crippen LogP contribution in [0.4, 0.5) is 5.69 Å². The summed E-state index contributed by atoms with van der Waals surface area (Å²) < 4.78 is 5.31. The molecule has 0 saturated carbocycles. The molecule has 8 heteroatoms. The molecule has 1 heterocycles. The first kappa shape index (κ1) is 13.2. The Labute approximate surface area is 112 Å². The summed E-state index contributed by atoms with van der Waals surface area (Å²) in [5, 5.41) is 19.7. The van der Waals surface area contributed by atoms with E-state index in [1.54, 1.807) is 24.3 Å². The highest BCUT2D eigenvalue weighted by atomic mass is 35.5. The van der Waals surface area contributed by atoms with Gasteiger partial charge >= 0.3 is 11.6 Å². The second kappa shape index (κ2) is 5.59. The lowest BCUT2D eigenvalue weighted by Gasteiger charge is -2.06. The summed E-state index contributed by atoms with van der Waals surface area (Å²) in [7, 11) is 0. The maximum absolute atomic E-state index is 10.8. The average molecular weight is 282 g/mol. The van der Waals surface area contributed by atoms with Gasteiger partial charge in [0.1, 0.15) is 11.9 Å². The molecule has 0 spiro atoms. The average Bonchev–Trinajstić information content (AvgIpc) is 2.38. The van der Waals surface area contributed by atoms with Gasteiger partial charge in [-0.25, -0.2) is 4.98 Å². The molecule has 0 saturated heterocycles. The summed E-state index contributed by atoms with van der Waals surface area (Å²) in [5.41, 5.74) is 0.221. The summed E-state index contributed by atoms with van der Waals surface area (Å²) in [6, 6.07) is 6.46. The van der Waals surface area contributed by atoms with E-state index in [1.165, 1.54) is 0 Å². The van der Waals surface area contributed by atoms with Crippen molar-refractivity contribution in [1.29, 1.82) is 0 Å². The predicted octanol–water partition coefficient (Wildman–Crippen LogP) is 2.32. The van der Waals surface area contributed by atoms with Gasteiger partial charge in [0.25, 0.3) is 0 Å². The van der Waals surface area contributed by atoms with Gasteiger partial charge in [0, 0.05) is 0 Å². The van der Waals surface area contributed by atoms with Crippen molar-refractivity contribution in [2.75, 3.05) is 0 Å². The Morgan fingerprint density at radius 3 is 2.95 bits per heavy atom. The Morgan fingerprint density at radius 1 is 1.47 bits per heavy atom. The molecule has 1 aromatic carbocycles. The normalized spacial score (nSPS) is 10.2. The van der Waals surface area contributed by atoms with Crippen molar-refractivity contribution in [2.45, 2.75) is 6.61 Å². The molecule has 2 aromatic rings. The number of nitro groups is 1. The van der Waals surface area contributed by atoms with Crippen LogP contribution in [0.1, 0.15) is 5.56 Å². The second-order valence-electron chi connectivity index (χ2n) is 3.49. The molecular formula is C11H8ClN3O4. The lowest BCUT2D eigenvalue weighted by molar-refractivity contribution is -0.386. The number of aliphatic hydroxyl groups excluding tert-OH is 1. The highest BCUT2D eigenvalue weighted by molar-refractivity contribution is 6.28. The fourth-order valence-corrected chi connectivity index (χ4v) is 1.48. The van der Waals surface area contributed by atoms with Crippen LogP contribution in [-0.4, -0.2) is 20.0 Å². The van der Waals surface area contributed by atoms with Crippen molar-refractivity contribution in [2.24, 2.45) is 0 Å². The van der Waals surface area contributed by atoms with E-state index < -0.39 is 4.92 Å². The number of hydrogen-bond acceptors (Lipinski definition) is 6. The fourth-order valence-electron chi connectivity index (χ4n) is 1.36. The van der Waals surface area contributed by atoms with Gasteiger partial charge in [0.15, 0.2) is 0 Å². The lowest BCUT2D eigenvalue weighted by atomic mass is 10.2. The van der Waals surface area contributed by atoms with E-state index in [2.05, 4.69) is 9.97 Å². The smallest absolute Gasteiger partial charge is 0.349 e. The quantitative estimate of drug-likeness (QED) is 0.524. The summed E-state index contributed by atoms with van der Waals surface area (Å²) in [4.78, 5) is 17.3. The zero-order valence-electron chi connectivity index (χ0n) is 9.49. The van der Waals surface area contributed by atoms with E-state index in [0.717, 1.165) is 6.20 Å². The molecule has 0 fully saturated rings. The second-order valence-corrected chi connectivity index (χ2v) is 3.83. The van der Waals surface area contributed by atoms with Crippen LogP contribution in [0.15, 0.2) is 30.5 Å². The van der Waals surface area contributed by atoms with Crippen LogP contribution < -0.4 is 4.74 Å². The van der Waals surface area contributed by atoms with Crippen molar-refractivity contribution >= 4 is 17.3 Å². The Morgan fingerprint density at radius 2 is 2.26 bits per heavy atom. The third-order valence-electron chi connectivity index (χ3n) is 2.20. The van der Waals surface area contributed by atoms with E-state index in [4.69, 9.17) is 21.4 Å². The standard InChI is InChI=1S/C11H8ClN3O4/c12-11-13-5-9(15(17)18)10(14-11)19-8-3-1-2-7(4-8)6-16/h1-5,16H,6H2. The van der Waals surface area contributed by atoms with Crippen molar-refractivity contribution in [1.82, 2.24) is 9.97 Å². The van der Waals surface area contributed by atoms with Gasteiger partial charge in [-0.05, 0) is 29.3 Å². The van der Waals surface area contributed by atoms with Crippen molar-refractivity contribution in [3.63, 3.8) is 0 Å². The predicted molar refractivity (Wildman–Crippen MR) is 66.1 cm³/mol. The highest BCUT2D eigenvalue weighted by Crippen LogP contribution is 2.29. The molecule has 0 radical (unpaired) electrons. The highest BCUT2D eigenvalue weighted by Gasteiger charge is 2.19. The van der Waals surface area contributed by atoms with E-state index in [-0.39, 0.29) is 23.5 Å². The van der Waals surface area contributed by atoms with Crippen molar-refractivity contribution < 1.29 is 14.8 Å². The lowest BCUT2D eigenvalue weighted by Crippen LogP contribution is -1.98. The Hall–Kier alpha value is -2.25. The fraction of sp³-hybridized carbons (Fsp3) is 0.0909. The maximum atomic E-state index is 10.8. The van der Waals surface area contributed by atoms with Crippen LogP contribution >= 0.6 is 11.6 Å². The number of aliphatic hydroxyl groups is 1. The van der Waals surface area contributed by atoms with Crippen LogP contribution in [0, 0.1) is 10.1 Å². The molecule has 2 rings (SSSR count). The molecule has 0 aliphatic rings. The number of halogens is 1. The first-order valence-corrected chi connectivity index (χ1v) is 5.52. The topological polar surface area (TPSA) is 98.4 Å². The number of rotatable bonds is 4. The molecule has 1 N–H and O–H groups in total. The van der Waals surface area contributed by atoms with Crippen LogP contribution in [0.2, 0.25) is 5.28 Å². The van der Waals surface area contributed by atoms with Gasteiger partial charge in [-0.2, -0.15) is 4.98 Å². The van der Waals surface area contributed by atoms with E-state index in [9.17, 15) is 10.1 Å². The number of ether oxygens (including phenoxy) is 1. The van der Waals surface area contributed by atoms with Gasteiger partial charge in [-0.1, -0.05) is 12.1 Å². The first-order valence-electron chi connectivity index (χ1n) is 5.14. The molecule has 0 bridgehead atoms. The largest absolute Gasteiger partial charge is 0.434 e. The SMILES string of the molecule is O=[N+]([O-])c1cnc(Cl)nc1Oc1cccc(CO)c1. The zero-order valence-corrected chi connectivity index (χ0v) is 10.2. The summed E-state index contributed by atoms with van der Waals surface area (Å²) in [5.74, 6) is 0.0597.